The van der Waals surface area contributed by atoms with E-state index in [0.717, 1.165) is 36.1 Å². The van der Waals surface area contributed by atoms with Gasteiger partial charge in [0, 0.05) is 23.9 Å². The Kier molecular flexibility index (Phi) is 11.5. The minimum Gasteiger partial charge on any atom is -0.354 e. The smallest absolute Gasteiger partial charge is 0.242 e. The largest absolute Gasteiger partial charge is 0.354 e. The van der Waals surface area contributed by atoms with Crippen LogP contribution in [-0.4, -0.2) is 41.6 Å². The van der Waals surface area contributed by atoms with Gasteiger partial charge in [-0.2, -0.15) is 0 Å². The predicted octanol–water partition coefficient (Wildman–Crippen LogP) is 5.34. The second-order valence-electron chi connectivity index (χ2n) is 7.51. The highest BCUT2D eigenvalue weighted by atomic mass is 35.5. The predicted molar refractivity (Wildman–Crippen MR) is 131 cm³/mol. The van der Waals surface area contributed by atoms with Gasteiger partial charge in [0.05, 0.1) is 5.75 Å². The van der Waals surface area contributed by atoms with Crippen LogP contribution in [0.2, 0.25) is 5.02 Å². The van der Waals surface area contributed by atoms with Crippen molar-refractivity contribution in [2.45, 2.75) is 51.3 Å². The summed E-state index contributed by atoms with van der Waals surface area (Å²) in [5.74, 6) is 1.03. The first-order valence-electron chi connectivity index (χ1n) is 11.0. The average molecular weight is 461 g/mol. The summed E-state index contributed by atoms with van der Waals surface area (Å²) in [5.41, 5.74) is 2.29. The monoisotopic (exact) mass is 460 g/mol. The molecule has 0 aliphatic carbocycles. The van der Waals surface area contributed by atoms with E-state index in [-0.39, 0.29) is 11.8 Å². The highest BCUT2D eigenvalue weighted by Gasteiger charge is 2.27. The van der Waals surface area contributed by atoms with E-state index in [1.807, 2.05) is 49.4 Å². The van der Waals surface area contributed by atoms with Crippen molar-refractivity contribution in [2.75, 3.05) is 18.8 Å². The Morgan fingerprint density at radius 1 is 1.03 bits per heavy atom. The second kappa shape index (κ2) is 14.2. The maximum absolute atomic E-state index is 13.1. The van der Waals surface area contributed by atoms with Gasteiger partial charge in [0.1, 0.15) is 6.04 Å². The van der Waals surface area contributed by atoms with Gasteiger partial charge in [0.15, 0.2) is 0 Å². The summed E-state index contributed by atoms with van der Waals surface area (Å²) in [6, 6.07) is 17.3. The minimum absolute atomic E-state index is 0.00684. The fourth-order valence-electron chi connectivity index (χ4n) is 3.32. The first-order chi connectivity index (χ1) is 15.0. The number of rotatable bonds is 13. The molecule has 0 saturated heterocycles. The Balaban J connectivity index is 2.02. The van der Waals surface area contributed by atoms with Crippen molar-refractivity contribution in [2.24, 2.45) is 0 Å². The summed E-state index contributed by atoms with van der Waals surface area (Å²) < 4.78 is 0. The topological polar surface area (TPSA) is 49.4 Å². The Labute approximate surface area is 195 Å². The maximum Gasteiger partial charge on any atom is 0.242 e. The van der Waals surface area contributed by atoms with E-state index in [1.165, 1.54) is 0 Å². The molecule has 1 atom stereocenters. The van der Waals surface area contributed by atoms with E-state index in [9.17, 15) is 9.59 Å². The number of hydrogen-bond donors (Lipinski definition) is 1. The number of nitrogens with one attached hydrogen (secondary N) is 1. The number of carbonyl (C=O) groups is 2. The molecule has 0 radical (unpaired) electrons. The molecule has 168 valence electrons. The SMILES string of the molecule is CCCCNC(=O)C(CC)N(CCc1ccccc1)C(=O)CSCc1ccc(Cl)cc1. The summed E-state index contributed by atoms with van der Waals surface area (Å²) in [4.78, 5) is 27.7. The van der Waals surface area contributed by atoms with Crippen molar-refractivity contribution in [3.8, 4) is 0 Å². The number of hydrogen-bond acceptors (Lipinski definition) is 3. The molecule has 2 rings (SSSR count). The van der Waals surface area contributed by atoms with Crippen molar-refractivity contribution in [1.82, 2.24) is 10.2 Å². The van der Waals surface area contributed by atoms with Crippen molar-refractivity contribution in [3.63, 3.8) is 0 Å². The molecule has 6 heteroatoms. The second-order valence-corrected chi connectivity index (χ2v) is 8.93. The molecule has 0 heterocycles. The third-order valence-corrected chi connectivity index (χ3v) is 6.35. The third-order valence-electron chi connectivity index (χ3n) is 5.11. The van der Waals surface area contributed by atoms with Crippen molar-refractivity contribution < 1.29 is 9.59 Å². The number of halogens is 1. The molecule has 2 aromatic rings. The van der Waals surface area contributed by atoms with Crippen LogP contribution in [-0.2, 0) is 21.8 Å². The Morgan fingerprint density at radius 3 is 2.39 bits per heavy atom. The lowest BCUT2D eigenvalue weighted by Gasteiger charge is -2.30. The lowest BCUT2D eigenvalue weighted by Crippen LogP contribution is -2.50. The highest BCUT2D eigenvalue weighted by Crippen LogP contribution is 2.17. The molecule has 0 aromatic heterocycles. The average Bonchev–Trinajstić information content (AvgIpc) is 2.78. The van der Waals surface area contributed by atoms with E-state index >= 15 is 0 Å². The van der Waals surface area contributed by atoms with Crippen LogP contribution in [0.3, 0.4) is 0 Å². The summed E-state index contributed by atoms with van der Waals surface area (Å²) in [6.45, 7) is 5.24. The molecule has 1 unspecified atom stereocenters. The number of unbranched alkanes of at least 4 members (excludes halogenated alkanes) is 1. The molecule has 0 aliphatic heterocycles. The van der Waals surface area contributed by atoms with Gasteiger partial charge in [-0.05, 0) is 42.5 Å². The summed E-state index contributed by atoms with van der Waals surface area (Å²) >= 11 is 7.51. The number of nitrogens with zero attached hydrogens (tertiary/aromatic N) is 1. The third kappa shape index (κ3) is 8.96. The highest BCUT2D eigenvalue weighted by molar-refractivity contribution is 7.99. The van der Waals surface area contributed by atoms with Crippen LogP contribution in [0.15, 0.2) is 54.6 Å². The molecular weight excluding hydrogens is 428 g/mol. The van der Waals surface area contributed by atoms with Gasteiger partial charge in [-0.3, -0.25) is 9.59 Å². The van der Waals surface area contributed by atoms with E-state index in [2.05, 4.69) is 24.4 Å². The van der Waals surface area contributed by atoms with Crippen molar-refractivity contribution in [1.29, 1.82) is 0 Å². The van der Waals surface area contributed by atoms with Crippen LogP contribution >= 0.6 is 23.4 Å². The number of thioether (sulfide) groups is 1. The Bertz CT molecular complexity index is 799. The van der Waals surface area contributed by atoms with Crippen LogP contribution in [0.4, 0.5) is 0 Å². The fraction of sp³-hybridized carbons (Fsp3) is 0.440. The van der Waals surface area contributed by atoms with Crippen LogP contribution in [0, 0.1) is 0 Å². The maximum atomic E-state index is 13.1. The van der Waals surface area contributed by atoms with Gasteiger partial charge in [-0.1, -0.05) is 74.3 Å². The first kappa shape index (κ1) is 25.3. The minimum atomic E-state index is -0.441. The zero-order chi connectivity index (χ0) is 22.5. The first-order valence-corrected chi connectivity index (χ1v) is 12.5. The molecule has 0 bridgehead atoms. The van der Waals surface area contributed by atoms with Gasteiger partial charge < -0.3 is 10.2 Å². The van der Waals surface area contributed by atoms with Crippen LogP contribution in [0.5, 0.6) is 0 Å². The fourth-order valence-corrected chi connectivity index (χ4v) is 4.32. The molecule has 31 heavy (non-hydrogen) atoms. The van der Waals surface area contributed by atoms with Crippen molar-refractivity contribution >= 4 is 35.2 Å². The van der Waals surface area contributed by atoms with Gasteiger partial charge in [0.2, 0.25) is 11.8 Å². The molecule has 0 aliphatic rings. The molecular formula is C25H33ClN2O2S. The lowest BCUT2D eigenvalue weighted by molar-refractivity contribution is -0.138. The van der Waals surface area contributed by atoms with Crippen molar-refractivity contribution in [3.05, 3.63) is 70.7 Å². The van der Waals surface area contributed by atoms with E-state index < -0.39 is 6.04 Å². The molecule has 2 amide bonds. The quantitative estimate of drug-likeness (QED) is 0.410. The molecule has 0 spiro atoms. The lowest BCUT2D eigenvalue weighted by atomic mass is 10.1. The van der Waals surface area contributed by atoms with E-state index in [0.29, 0.717) is 30.3 Å². The number of benzene rings is 2. The van der Waals surface area contributed by atoms with Gasteiger partial charge >= 0.3 is 0 Å². The Morgan fingerprint density at radius 2 is 1.74 bits per heavy atom. The van der Waals surface area contributed by atoms with E-state index in [4.69, 9.17) is 11.6 Å². The standard InChI is InChI=1S/C25H33ClN2O2S/c1-3-5-16-27-25(30)23(4-2)28(17-15-20-9-7-6-8-10-20)24(29)19-31-18-21-11-13-22(26)14-12-21/h6-14,23H,3-5,15-19H2,1-2H3,(H,27,30). The molecule has 1 N–H and O–H groups in total. The molecule has 4 nitrogen and oxygen atoms in total. The zero-order valence-electron chi connectivity index (χ0n) is 18.5. The van der Waals surface area contributed by atoms with Gasteiger partial charge in [-0.15, -0.1) is 11.8 Å². The zero-order valence-corrected chi connectivity index (χ0v) is 20.1. The normalized spacial score (nSPS) is 11.7. The summed E-state index contributed by atoms with van der Waals surface area (Å²) in [6.07, 6.45) is 3.29. The number of carbonyl (C=O) groups excluding carboxylic acids is 2. The Hall–Kier alpha value is -1.98. The molecule has 0 fully saturated rings. The molecule has 0 saturated carbocycles. The van der Waals surface area contributed by atoms with Crippen LogP contribution in [0.1, 0.15) is 44.2 Å². The molecule has 2 aromatic carbocycles. The number of amides is 2. The van der Waals surface area contributed by atoms with Gasteiger partial charge in [-0.25, -0.2) is 0 Å². The van der Waals surface area contributed by atoms with Gasteiger partial charge in [0.25, 0.3) is 0 Å². The summed E-state index contributed by atoms with van der Waals surface area (Å²) in [5, 5.41) is 3.71. The van der Waals surface area contributed by atoms with E-state index in [1.54, 1.807) is 16.7 Å². The van der Waals surface area contributed by atoms with Crippen LogP contribution in [0.25, 0.3) is 0 Å². The van der Waals surface area contributed by atoms with Crippen LogP contribution < -0.4 is 5.32 Å². The summed E-state index contributed by atoms with van der Waals surface area (Å²) in [7, 11) is 0.